The van der Waals surface area contributed by atoms with Crippen molar-refractivity contribution in [1.29, 1.82) is 0 Å². The van der Waals surface area contributed by atoms with Gasteiger partial charge < -0.3 is 11.3 Å². The van der Waals surface area contributed by atoms with E-state index in [-0.39, 0.29) is 19.5 Å². The largest absolute Gasteiger partial charge is 2.00 e. The van der Waals surface area contributed by atoms with E-state index in [2.05, 4.69) is 89.9 Å². The van der Waals surface area contributed by atoms with Crippen molar-refractivity contribution in [2.75, 3.05) is 0 Å². The van der Waals surface area contributed by atoms with Crippen LogP contribution in [0, 0.1) is 11.3 Å². The van der Waals surface area contributed by atoms with Crippen LogP contribution in [0.2, 0.25) is 78.6 Å². The topological polar surface area (TPSA) is 0 Å². The van der Waals surface area contributed by atoms with E-state index in [1.807, 2.05) is 0 Å². The fourth-order valence-electron chi connectivity index (χ4n) is 2.60. The quantitative estimate of drug-likeness (QED) is 0.419. The summed E-state index contributed by atoms with van der Waals surface area (Å²) in [6, 6.07) is 0. The summed E-state index contributed by atoms with van der Waals surface area (Å²) in [4.78, 5) is 0. The third-order valence-electron chi connectivity index (χ3n) is 1.73. The Labute approximate surface area is 141 Å². The second kappa shape index (κ2) is 8.82. The van der Waals surface area contributed by atoms with E-state index in [1.54, 1.807) is 0 Å². The van der Waals surface area contributed by atoms with Gasteiger partial charge in [0.05, 0.1) is 0 Å². The molecule has 0 aliphatic carbocycles. The molecule has 0 fully saturated rings. The average molecular weight is 384 g/mol. The van der Waals surface area contributed by atoms with Crippen LogP contribution in [0.4, 0.5) is 0 Å². The maximum atomic E-state index is 2.65. The predicted molar refractivity (Wildman–Crippen MR) is 102 cm³/mol. The Morgan fingerprint density at radius 3 is 0.474 bits per heavy atom. The van der Waals surface area contributed by atoms with Gasteiger partial charge in [0.15, 0.2) is 0 Å². The first-order valence-electron chi connectivity index (χ1n) is 7.15. The molecular weight excluding hydrogens is 346 g/mol. The third kappa shape index (κ3) is 32.8. The molecule has 0 nitrogen and oxygen atoms in total. The van der Waals surface area contributed by atoms with Gasteiger partial charge in [0.25, 0.3) is 0 Å². The molecule has 0 aliphatic heterocycles. The Balaban J connectivity index is -0.000000256. The number of hydrogen-bond acceptors (Lipinski definition) is 0. The minimum atomic E-state index is -0.856. The molecule has 0 N–H and O–H groups in total. The standard InChI is InChI=1S/2C7H19Si2.Zn/c2*1-8(2,3)7-9(4,5)6;/h2*7H,1-6H3;/q2*-1;+2. The van der Waals surface area contributed by atoms with Crippen LogP contribution in [0.1, 0.15) is 0 Å². The molecule has 0 aromatic heterocycles. The summed E-state index contributed by atoms with van der Waals surface area (Å²) in [5.41, 5.74) is 5.31. The number of rotatable bonds is 4. The zero-order valence-electron chi connectivity index (χ0n) is 15.9. The van der Waals surface area contributed by atoms with E-state index in [1.165, 1.54) is 0 Å². The molecule has 0 unspecified atom stereocenters. The van der Waals surface area contributed by atoms with Crippen molar-refractivity contribution in [1.82, 2.24) is 0 Å². The second-order valence-corrected chi connectivity index (χ2v) is 31.0. The molecule has 112 valence electrons. The fraction of sp³-hybridized carbons (Fsp3) is 0.857. The van der Waals surface area contributed by atoms with Crippen molar-refractivity contribution in [3.63, 3.8) is 0 Å². The summed E-state index contributed by atoms with van der Waals surface area (Å²) >= 11 is 0. The monoisotopic (exact) mass is 382 g/mol. The van der Waals surface area contributed by atoms with Crippen molar-refractivity contribution in [2.24, 2.45) is 0 Å². The Morgan fingerprint density at radius 2 is 0.474 bits per heavy atom. The van der Waals surface area contributed by atoms with Crippen LogP contribution in [-0.4, -0.2) is 32.3 Å². The molecule has 5 heteroatoms. The molecule has 0 radical (unpaired) electrons. The Hall–Kier alpha value is 1.49. The van der Waals surface area contributed by atoms with Gasteiger partial charge in [-0.25, -0.2) is 0 Å². The average Bonchev–Trinajstić information content (AvgIpc) is 1.64. The van der Waals surface area contributed by atoms with Crippen LogP contribution in [-0.2, 0) is 19.5 Å². The van der Waals surface area contributed by atoms with Crippen molar-refractivity contribution in [2.45, 2.75) is 78.6 Å². The zero-order valence-corrected chi connectivity index (χ0v) is 22.8. The summed E-state index contributed by atoms with van der Waals surface area (Å²) in [6.45, 7) is 28.9. The molecule has 0 bridgehead atoms. The van der Waals surface area contributed by atoms with E-state index >= 15 is 0 Å². The van der Waals surface area contributed by atoms with E-state index in [0.717, 1.165) is 0 Å². The third-order valence-corrected chi connectivity index (χ3v) is 15.6. The molecule has 0 aliphatic rings. The predicted octanol–water partition coefficient (Wildman–Crippen LogP) is 5.89. The van der Waals surface area contributed by atoms with Crippen molar-refractivity contribution in [3.8, 4) is 0 Å². The summed E-state index contributed by atoms with van der Waals surface area (Å²) in [6.07, 6.45) is 0. The minimum absolute atomic E-state index is 0. The van der Waals surface area contributed by atoms with Gasteiger partial charge in [-0.3, -0.25) is 0 Å². The Kier molecular flexibility index (Phi) is 11.8. The van der Waals surface area contributed by atoms with Crippen LogP contribution >= 0.6 is 0 Å². The molecule has 0 amide bonds. The van der Waals surface area contributed by atoms with Gasteiger partial charge in [-0.2, -0.15) is 0 Å². The van der Waals surface area contributed by atoms with Crippen LogP contribution < -0.4 is 0 Å². The van der Waals surface area contributed by atoms with Crippen molar-refractivity contribution >= 4 is 32.3 Å². The zero-order chi connectivity index (χ0) is 15.4. The van der Waals surface area contributed by atoms with E-state index < -0.39 is 32.3 Å². The molecule has 0 aromatic carbocycles. The summed E-state index contributed by atoms with van der Waals surface area (Å²) in [5, 5.41) is 0. The minimum Gasteiger partial charge on any atom is -0.327 e. The van der Waals surface area contributed by atoms with Crippen molar-refractivity contribution < 1.29 is 19.5 Å². The van der Waals surface area contributed by atoms with E-state index in [9.17, 15) is 0 Å². The molecule has 0 atom stereocenters. The molecular formula is C14H38Si4Zn. The molecule has 19 heavy (non-hydrogen) atoms. The van der Waals surface area contributed by atoms with Crippen LogP contribution in [0.25, 0.3) is 0 Å². The number of hydrogen-bond donors (Lipinski definition) is 0. The first-order chi connectivity index (χ1) is 7.41. The summed E-state index contributed by atoms with van der Waals surface area (Å²) < 4.78 is 0. The van der Waals surface area contributed by atoms with Gasteiger partial charge >= 0.3 is 19.5 Å². The van der Waals surface area contributed by atoms with Gasteiger partial charge in [0.2, 0.25) is 0 Å². The Morgan fingerprint density at radius 1 is 0.368 bits per heavy atom. The molecule has 0 saturated heterocycles. The van der Waals surface area contributed by atoms with Gasteiger partial charge in [-0.15, -0.1) is 32.3 Å². The normalized spacial score (nSPS) is 13.3. The maximum absolute atomic E-state index is 2.65. The smallest absolute Gasteiger partial charge is 0.327 e. The Bertz CT molecular complexity index is 176. The van der Waals surface area contributed by atoms with Gasteiger partial charge in [0, 0.05) is 0 Å². The van der Waals surface area contributed by atoms with Gasteiger partial charge in [-0.1, -0.05) is 78.6 Å². The molecule has 0 heterocycles. The molecule has 0 saturated carbocycles. The maximum Gasteiger partial charge on any atom is 2.00 e. The van der Waals surface area contributed by atoms with E-state index in [4.69, 9.17) is 0 Å². The molecule has 0 aromatic rings. The van der Waals surface area contributed by atoms with Crippen LogP contribution in [0.3, 0.4) is 0 Å². The molecule has 0 spiro atoms. The summed E-state index contributed by atoms with van der Waals surface area (Å²) in [7, 11) is -3.42. The second-order valence-electron chi connectivity index (χ2n) is 9.75. The van der Waals surface area contributed by atoms with Gasteiger partial charge in [0.1, 0.15) is 0 Å². The first kappa shape index (κ1) is 25.4. The molecule has 0 rings (SSSR count). The fourth-order valence-corrected chi connectivity index (χ4v) is 23.4. The van der Waals surface area contributed by atoms with E-state index in [0.29, 0.717) is 0 Å². The SMILES string of the molecule is C[Si](C)(C)[CH-][Si](C)(C)C.C[Si](C)(C)[CH-][Si](C)(C)C.[Zn+2]. The summed E-state index contributed by atoms with van der Waals surface area (Å²) in [5.74, 6) is 0. The van der Waals surface area contributed by atoms with Gasteiger partial charge in [-0.05, 0) is 0 Å². The van der Waals surface area contributed by atoms with Crippen molar-refractivity contribution in [3.05, 3.63) is 11.3 Å². The van der Waals surface area contributed by atoms with Crippen LogP contribution in [0.5, 0.6) is 0 Å². The van der Waals surface area contributed by atoms with Crippen LogP contribution in [0.15, 0.2) is 0 Å². The first-order valence-corrected chi connectivity index (χ1v) is 21.5.